The predicted octanol–water partition coefficient (Wildman–Crippen LogP) is 0.546. The zero-order chi connectivity index (χ0) is 9.68. The summed E-state index contributed by atoms with van der Waals surface area (Å²) in [5, 5.41) is 16.0. The van der Waals surface area contributed by atoms with Crippen LogP contribution in [0.5, 0.6) is 0 Å². The van der Waals surface area contributed by atoms with Crippen molar-refractivity contribution in [3.63, 3.8) is 0 Å². The highest BCUT2D eigenvalue weighted by Gasteiger charge is 2.00. The number of hydrogen-bond acceptors (Lipinski definition) is 3. The van der Waals surface area contributed by atoms with E-state index in [0.29, 0.717) is 12.6 Å². The Kier molecular flexibility index (Phi) is 3.92. The molecule has 0 aliphatic heterocycles. The van der Waals surface area contributed by atoms with Gasteiger partial charge < -0.3 is 10.4 Å². The molecule has 0 spiro atoms. The van der Waals surface area contributed by atoms with Crippen molar-refractivity contribution in [1.82, 2.24) is 15.1 Å². The lowest BCUT2D eigenvalue weighted by molar-refractivity contribution is 0.291. The van der Waals surface area contributed by atoms with Gasteiger partial charge in [-0.3, -0.25) is 4.68 Å². The van der Waals surface area contributed by atoms with Crippen LogP contribution in [0.2, 0.25) is 0 Å². The zero-order valence-electron chi connectivity index (χ0n) is 8.20. The quantitative estimate of drug-likeness (QED) is 0.655. The molecule has 0 unspecified atom stereocenters. The molecule has 0 aliphatic carbocycles. The molecule has 1 rings (SSSR count). The number of hydrogen-bond donors (Lipinski definition) is 2. The summed E-state index contributed by atoms with van der Waals surface area (Å²) in [6.45, 7) is 5.70. The van der Waals surface area contributed by atoms with Crippen LogP contribution in [0.25, 0.3) is 0 Å². The number of aromatic nitrogens is 2. The first kappa shape index (κ1) is 10.2. The van der Waals surface area contributed by atoms with E-state index in [4.69, 9.17) is 5.11 Å². The van der Waals surface area contributed by atoms with E-state index in [1.807, 2.05) is 16.9 Å². The summed E-state index contributed by atoms with van der Waals surface area (Å²) in [7, 11) is 0. The fourth-order valence-corrected chi connectivity index (χ4v) is 1.05. The Hall–Kier alpha value is -0.870. The van der Waals surface area contributed by atoms with E-state index >= 15 is 0 Å². The maximum atomic E-state index is 8.55. The van der Waals surface area contributed by atoms with Crippen molar-refractivity contribution < 1.29 is 5.11 Å². The molecular weight excluding hydrogens is 166 g/mol. The summed E-state index contributed by atoms with van der Waals surface area (Å²) >= 11 is 0. The van der Waals surface area contributed by atoms with E-state index in [1.165, 1.54) is 0 Å². The summed E-state index contributed by atoms with van der Waals surface area (Å²) in [5.74, 6) is 0. The largest absolute Gasteiger partial charge is 0.395 e. The fourth-order valence-electron chi connectivity index (χ4n) is 1.05. The highest BCUT2D eigenvalue weighted by atomic mass is 16.3. The summed E-state index contributed by atoms with van der Waals surface area (Å²) in [5.41, 5.74) is 1.02. The molecule has 0 fully saturated rings. The summed E-state index contributed by atoms with van der Waals surface area (Å²) < 4.78 is 1.93. The molecule has 0 saturated heterocycles. The van der Waals surface area contributed by atoms with Crippen molar-refractivity contribution in [3.05, 3.63) is 18.0 Å². The Balaban J connectivity index is 2.40. The first-order chi connectivity index (χ1) is 6.24. The van der Waals surface area contributed by atoms with Crippen molar-refractivity contribution in [3.8, 4) is 0 Å². The molecule has 74 valence electrons. The molecule has 1 heterocycles. The topological polar surface area (TPSA) is 50.1 Å². The van der Waals surface area contributed by atoms with Crippen LogP contribution in [0.1, 0.15) is 25.6 Å². The second-order valence-electron chi connectivity index (χ2n) is 3.28. The molecule has 0 radical (unpaired) electrons. The molecule has 0 aromatic carbocycles. The van der Waals surface area contributed by atoms with Gasteiger partial charge in [0.05, 0.1) is 12.3 Å². The average molecular weight is 183 g/mol. The van der Waals surface area contributed by atoms with E-state index in [1.54, 1.807) is 0 Å². The van der Waals surface area contributed by atoms with Gasteiger partial charge in [-0.1, -0.05) is 0 Å². The lowest BCUT2D eigenvalue weighted by atomic mass is 10.4. The Labute approximate surface area is 78.6 Å². The Morgan fingerprint density at radius 3 is 2.92 bits per heavy atom. The maximum absolute atomic E-state index is 8.55. The van der Waals surface area contributed by atoms with Gasteiger partial charge in [-0.15, -0.1) is 0 Å². The van der Waals surface area contributed by atoms with Gasteiger partial charge in [0.2, 0.25) is 0 Å². The smallest absolute Gasteiger partial charge is 0.0762 e. The molecule has 0 saturated carbocycles. The molecule has 13 heavy (non-hydrogen) atoms. The number of aliphatic hydroxyl groups is 1. The monoisotopic (exact) mass is 183 g/mol. The van der Waals surface area contributed by atoms with Crippen molar-refractivity contribution in [2.45, 2.75) is 26.4 Å². The van der Waals surface area contributed by atoms with Gasteiger partial charge in [-0.05, 0) is 19.9 Å². The molecular formula is C9H17N3O. The molecule has 4 heteroatoms. The lowest BCUT2D eigenvalue weighted by Crippen LogP contribution is -2.18. The minimum Gasteiger partial charge on any atom is -0.395 e. The number of rotatable bonds is 5. The zero-order valence-corrected chi connectivity index (χ0v) is 8.20. The minimum atomic E-state index is 0.172. The van der Waals surface area contributed by atoms with Gasteiger partial charge in [0.1, 0.15) is 0 Å². The third kappa shape index (κ3) is 3.16. The number of nitrogens with zero attached hydrogens (tertiary/aromatic N) is 2. The number of aliphatic hydroxyl groups excluding tert-OH is 1. The van der Waals surface area contributed by atoms with Crippen molar-refractivity contribution in [1.29, 1.82) is 0 Å². The van der Waals surface area contributed by atoms with Crippen molar-refractivity contribution in [2.24, 2.45) is 0 Å². The highest BCUT2D eigenvalue weighted by Crippen LogP contribution is 2.03. The molecule has 2 N–H and O–H groups in total. The van der Waals surface area contributed by atoms with Crippen molar-refractivity contribution >= 4 is 0 Å². The van der Waals surface area contributed by atoms with Crippen LogP contribution in [0.4, 0.5) is 0 Å². The summed E-state index contributed by atoms with van der Waals surface area (Å²) in [6.07, 6.45) is 1.97. The van der Waals surface area contributed by atoms with Gasteiger partial charge in [-0.25, -0.2) is 0 Å². The summed E-state index contributed by atoms with van der Waals surface area (Å²) in [6, 6.07) is 2.40. The van der Waals surface area contributed by atoms with Gasteiger partial charge in [0.15, 0.2) is 0 Å². The van der Waals surface area contributed by atoms with Crippen LogP contribution in [0.15, 0.2) is 12.3 Å². The SMILES string of the molecule is CC(C)n1ccc(CNCCO)n1. The van der Waals surface area contributed by atoms with Crippen LogP contribution in [0, 0.1) is 0 Å². The van der Waals surface area contributed by atoms with Gasteiger partial charge in [0.25, 0.3) is 0 Å². The van der Waals surface area contributed by atoms with Gasteiger partial charge >= 0.3 is 0 Å². The van der Waals surface area contributed by atoms with Crippen LogP contribution < -0.4 is 5.32 Å². The van der Waals surface area contributed by atoms with Crippen LogP contribution >= 0.6 is 0 Å². The first-order valence-electron chi connectivity index (χ1n) is 4.59. The standard InChI is InChI=1S/C9H17N3O/c1-8(2)12-5-3-9(11-12)7-10-4-6-13/h3,5,8,10,13H,4,6-7H2,1-2H3. The van der Waals surface area contributed by atoms with Crippen molar-refractivity contribution in [2.75, 3.05) is 13.2 Å². The van der Waals surface area contributed by atoms with E-state index in [2.05, 4.69) is 24.3 Å². The second kappa shape index (κ2) is 4.99. The Morgan fingerprint density at radius 1 is 1.62 bits per heavy atom. The predicted molar refractivity (Wildman–Crippen MR) is 51.4 cm³/mol. The van der Waals surface area contributed by atoms with Gasteiger partial charge in [-0.2, -0.15) is 5.10 Å². The molecule has 0 bridgehead atoms. The molecule has 1 aromatic heterocycles. The highest BCUT2D eigenvalue weighted by molar-refractivity contribution is 4.98. The first-order valence-corrected chi connectivity index (χ1v) is 4.59. The van der Waals surface area contributed by atoms with Crippen LogP contribution in [-0.2, 0) is 6.54 Å². The molecule has 1 aromatic rings. The summed E-state index contributed by atoms with van der Waals surface area (Å²) in [4.78, 5) is 0. The van der Waals surface area contributed by atoms with E-state index in [9.17, 15) is 0 Å². The number of nitrogens with one attached hydrogen (secondary N) is 1. The Morgan fingerprint density at radius 2 is 2.38 bits per heavy atom. The van der Waals surface area contributed by atoms with Gasteiger partial charge in [0, 0.05) is 25.3 Å². The fraction of sp³-hybridized carbons (Fsp3) is 0.667. The maximum Gasteiger partial charge on any atom is 0.0762 e. The van der Waals surface area contributed by atoms with Crippen LogP contribution in [0.3, 0.4) is 0 Å². The lowest BCUT2D eigenvalue weighted by Gasteiger charge is -2.03. The average Bonchev–Trinajstić information content (AvgIpc) is 2.53. The van der Waals surface area contributed by atoms with E-state index in [-0.39, 0.29) is 6.61 Å². The third-order valence-electron chi connectivity index (χ3n) is 1.79. The Bertz CT molecular complexity index is 245. The minimum absolute atomic E-state index is 0.172. The second-order valence-corrected chi connectivity index (χ2v) is 3.28. The normalized spacial score (nSPS) is 11.1. The molecule has 4 nitrogen and oxygen atoms in total. The van der Waals surface area contributed by atoms with Crippen LogP contribution in [-0.4, -0.2) is 28.0 Å². The van der Waals surface area contributed by atoms with E-state index < -0.39 is 0 Å². The molecule has 0 atom stereocenters. The molecule has 0 amide bonds. The third-order valence-corrected chi connectivity index (χ3v) is 1.79. The molecule has 0 aliphatic rings. The van der Waals surface area contributed by atoms with E-state index in [0.717, 1.165) is 12.2 Å².